The molecule has 2 atom stereocenters. The van der Waals surface area contributed by atoms with Gasteiger partial charge < -0.3 is 6.08 Å². The number of fused-ring (bicyclic) bond motifs is 2. The molecule has 1 heteroatoms. The van der Waals surface area contributed by atoms with Gasteiger partial charge in [-0.05, 0) is 0 Å². The van der Waals surface area contributed by atoms with Gasteiger partial charge in [0.05, 0.1) is 0 Å². The van der Waals surface area contributed by atoms with Crippen LogP contribution in [0.15, 0.2) is 6.08 Å². The molecule has 0 aromatic carbocycles. The molecule has 2 bridgehead atoms. The maximum Gasteiger partial charge on any atom is 1.00 e. The molecule has 2 aliphatic carbocycles. The normalized spacial score (nSPS) is 40.0. The Labute approximate surface area is 62.5 Å². The van der Waals surface area contributed by atoms with E-state index in [1.165, 1.54) is 19.3 Å². The van der Waals surface area contributed by atoms with Gasteiger partial charge >= 0.3 is 18.9 Å². The van der Waals surface area contributed by atoms with Crippen LogP contribution in [0.4, 0.5) is 0 Å². The third kappa shape index (κ3) is 0.878. The third-order valence-electron chi connectivity index (χ3n) is 2.04. The van der Waals surface area contributed by atoms with E-state index in [9.17, 15) is 0 Å². The van der Waals surface area contributed by atoms with Crippen LogP contribution in [0.1, 0.15) is 19.3 Å². The van der Waals surface area contributed by atoms with Crippen LogP contribution in [0.3, 0.4) is 0 Å². The molecular weight excluding hydrogens is 91.0 g/mol. The number of hydrogen-bond acceptors (Lipinski definition) is 0. The van der Waals surface area contributed by atoms with Gasteiger partial charge in [0.15, 0.2) is 0 Å². The number of rotatable bonds is 0. The Morgan fingerprint density at radius 1 is 1.38 bits per heavy atom. The smallest absolute Gasteiger partial charge is 0.497 e. The van der Waals surface area contributed by atoms with E-state index in [-0.39, 0.29) is 18.9 Å². The van der Waals surface area contributed by atoms with Crippen LogP contribution in [-0.2, 0) is 0 Å². The molecule has 1 fully saturated rings. The van der Waals surface area contributed by atoms with Crippen molar-refractivity contribution in [1.29, 1.82) is 0 Å². The van der Waals surface area contributed by atoms with Crippen LogP contribution in [0, 0.1) is 17.9 Å². The summed E-state index contributed by atoms with van der Waals surface area (Å²) in [5.74, 6) is 1.80. The molecule has 0 aliphatic heterocycles. The van der Waals surface area contributed by atoms with Crippen molar-refractivity contribution in [1.82, 2.24) is 0 Å². The molecule has 8 heavy (non-hydrogen) atoms. The Kier molecular flexibility index (Phi) is 1.85. The zero-order valence-corrected chi connectivity index (χ0v) is 5.35. The molecule has 38 valence electrons. The summed E-state index contributed by atoms with van der Waals surface area (Å²) in [5, 5.41) is 0. The summed E-state index contributed by atoms with van der Waals surface area (Å²) in [4.78, 5) is 0. The fourth-order valence-electron chi connectivity index (χ4n) is 1.59. The average Bonchev–Trinajstić information content (AvgIpc) is 2.22. The fraction of sp³-hybridized carbons (Fsp3) is 0.714. The van der Waals surface area contributed by atoms with Crippen LogP contribution >= 0.6 is 0 Å². The van der Waals surface area contributed by atoms with Crippen LogP contribution in [0.5, 0.6) is 0 Å². The second kappa shape index (κ2) is 2.29. The van der Waals surface area contributed by atoms with Gasteiger partial charge in [-0.2, -0.15) is 5.92 Å². The second-order valence-electron chi connectivity index (χ2n) is 2.60. The first-order valence-electron chi connectivity index (χ1n) is 3.04. The minimum atomic E-state index is 0. The predicted molar refractivity (Wildman–Crippen MR) is 28.6 cm³/mol. The minimum Gasteiger partial charge on any atom is -0.497 e. The van der Waals surface area contributed by atoms with E-state index in [2.05, 4.69) is 12.2 Å². The molecule has 1 saturated carbocycles. The first-order chi connectivity index (χ1) is 3.45. The molecule has 0 N–H and O–H groups in total. The first kappa shape index (κ1) is 6.46. The maximum atomic E-state index is 3.33. The molecular formula is C7H9Li. The predicted octanol–water partition coefficient (Wildman–Crippen LogP) is -1.22. The molecule has 2 rings (SSSR count). The summed E-state index contributed by atoms with van der Waals surface area (Å²) in [6, 6.07) is 0. The summed E-state index contributed by atoms with van der Waals surface area (Å²) in [6.45, 7) is 0. The summed E-state index contributed by atoms with van der Waals surface area (Å²) in [7, 11) is 0. The SMILES string of the molecule is [C-]1=CC2CCC1C2.[Li+]. The largest absolute Gasteiger partial charge is 1.00 e. The molecule has 0 radical (unpaired) electrons. The molecule has 0 aromatic heterocycles. The second-order valence-corrected chi connectivity index (χ2v) is 2.60. The molecule has 0 spiro atoms. The van der Waals surface area contributed by atoms with Gasteiger partial charge in [-0.15, -0.1) is 0 Å². The monoisotopic (exact) mass is 100 g/mol. The van der Waals surface area contributed by atoms with Gasteiger partial charge in [-0.25, -0.2) is 0 Å². The van der Waals surface area contributed by atoms with E-state index >= 15 is 0 Å². The van der Waals surface area contributed by atoms with Crippen molar-refractivity contribution in [2.24, 2.45) is 11.8 Å². The van der Waals surface area contributed by atoms with Crippen molar-refractivity contribution in [3.63, 3.8) is 0 Å². The zero-order chi connectivity index (χ0) is 4.69. The van der Waals surface area contributed by atoms with Crippen molar-refractivity contribution < 1.29 is 18.9 Å². The number of hydrogen-bond donors (Lipinski definition) is 0. The molecule has 0 heterocycles. The van der Waals surface area contributed by atoms with Gasteiger partial charge in [0.2, 0.25) is 0 Å². The molecule has 0 saturated heterocycles. The molecule has 2 aliphatic rings. The van der Waals surface area contributed by atoms with E-state index in [0.717, 1.165) is 11.8 Å². The van der Waals surface area contributed by atoms with E-state index in [1.807, 2.05) is 0 Å². The van der Waals surface area contributed by atoms with Gasteiger partial charge in [0.1, 0.15) is 0 Å². The standard InChI is InChI=1S/C7H9.Li/c1-2-7-4-3-6(1)5-7;/h1,6-7H,3-5H2;/q-1;+1. The van der Waals surface area contributed by atoms with E-state index in [0.29, 0.717) is 0 Å². The van der Waals surface area contributed by atoms with E-state index in [4.69, 9.17) is 0 Å². The average molecular weight is 100 g/mol. The van der Waals surface area contributed by atoms with Gasteiger partial charge in [-0.3, -0.25) is 6.08 Å². The first-order valence-corrected chi connectivity index (χ1v) is 3.04. The van der Waals surface area contributed by atoms with E-state index < -0.39 is 0 Å². The third-order valence-corrected chi connectivity index (χ3v) is 2.04. The van der Waals surface area contributed by atoms with Crippen LogP contribution in [0.25, 0.3) is 0 Å². The molecule has 0 amide bonds. The van der Waals surface area contributed by atoms with Crippen molar-refractivity contribution in [2.75, 3.05) is 0 Å². The van der Waals surface area contributed by atoms with Crippen molar-refractivity contribution in [3.05, 3.63) is 12.2 Å². The Morgan fingerprint density at radius 3 is 2.38 bits per heavy atom. The molecule has 2 unspecified atom stereocenters. The number of allylic oxidation sites excluding steroid dienone is 2. The molecule has 0 aromatic rings. The summed E-state index contributed by atoms with van der Waals surface area (Å²) in [5.41, 5.74) is 0. The Balaban J connectivity index is 0.000000320. The topological polar surface area (TPSA) is 0 Å². The zero-order valence-electron chi connectivity index (χ0n) is 5.35. The summed E-state index contributed by atoms with van der Waals surface area (Å²) >= 11 is 0. The minimum absolute atomic E-state index is 0. The Hall–Kier alpha value is 0.337. The van der Waals surface area contributed by atoms with Crippen LogP contribution in [0.2, 0.25) is 0 Å². The Morgan fingerprint density at radius 2 is 2.25 bits per heavy atom. The maximum absolute atomic E-state index is 3.33. The quantitative estimate of drug-likeness (QED) is 0.264. The summed E-state index contributed by atoms with van der Waals surface area (Å²) in [6.07, 6.45) is 9.87. The van der Waals surface area contributed by atoms with Crippen molar-refractivity contribution in [3.8, 4) is 0 Å². The summed E-state index contributed by atoms with van der Waals surface area (Å²) < 4.78 is 0. The van der Waals surface area contributed by atoms with Gasteiger partial charge in [0.25, 0.3) is 0 Å². The van der Waals surface area contributed by atoms with Crippen molar-refractivity contribution in [2.45, 2.75) is 19.3 Å². The Bertz CT molecular complexity index is 95.0. The van der Waals surface area contributed by atoms with Gasteiger partial charge in [0, 0.05) is 0 Å². The van der Waals surface area contributed by atoms with E-state index in [1.54, 1.807) is 0 Å². The molecule has 0 nitrogen and oxygen atoms in total. The fourth-order valence-corrected chi connectivity index (χ4v) is 1.59. The van der Waals surface area contributed by atoms with Crippen LogP contribution < -0.4 is 18.9 Å². The van der Waals surface area contributed by atoms with Crippen LogP contribution in [-0.4, -0.2) is 0 Å². The van der Waals surface area contributed by atoms with Gasteiger partial charge in [-0.1, -0.05) is 25.2 Å². The van der Waals surface area contributed by atoms with Crippen molar-refractivity contribution >= 4 is 0 Å².